The Morgan fingerprint density at radius 1 is 0.682 bits per heavy atom. The van der Waals surface area contributed by atoms with Crippen molar-refractivity contribution in [2.75, 3.05) is 6.16 Å². The van der Waals surface area contributed by atoms with Crippen LogP contribution in [0.5, 0.6) is 0 Å². The highest BCUT2D eigenvalue weighted by molar-refractivity contribution is 7.73. The van der Waals surface area contributed by atoms with Crippen LogP contribution in [-0.2, 0) is 6.42 Å². The van der Waals surface area contributed by atoms with Crippen LogP contribution in [0.25, 0.3) is 0 Å². The topological polar surface area (TPSA) is 0 Å². The van der Waals surface area contributed by atoms with E-state index in [-0.39, 0.29) is 7.92 Å². The normalized spacial score (nSPS) is 11.0. The lowest BCUT2D eigenvalue weighted by Crippen LogP contribution is -2.13. The van der Waals surface area contributed by atoms with E-state index >= 15 is 0 Å². The number of benzene rings is 2. The van der Waals surface area contributed by atoms with Gasteiger partial charge in [-0.15, -0.1) is 11.3 Å². The van der Waals surface area contributed by atoms with Crippen molar-refractivity contribution < 1.29 is 0 Å². The zero-order valence-corrected chi connectivity index (χ0v) is 14.4. The van der Waals surface area contributed by atoms with Crippen molar-refractivity contribution >= 4 is 29.9 Å². The van der Waals surface area contributed by atoms with Gasteiger partial charge < -0.3 is 0 Å². The minimum atomic E-state index is -0.217. The molecular formula is C20H21PS. The smallest absolute Gasteiger partial charge is 0.00452 e. The summed E-state index contributed by atoms with van der Waals surface area (Å²) in [6.45, 7) is 0. The first-order chi connectivity index (χ1) is 10.9. The van der Waals surface area contributed by atoms with Crippen LogP contribution in [0.1, 0.15) is 17.7 Å². The molecule has 0 saturated carbocycles. The molecule has 1 aromatic heterocycles. The summed E-state index contributed by atoms with van der Waals surface area (Å²) in [7, 11) is -0.217. The Bertz CT molecular complexity index is 607. The average Bonchev–Trinajstić information content (AvgIpc) is 3.10. The van der Waals surface area contributed by atoms with E-state index in [9.17, 15) is 0 Å². The van der Waals surface area contributed by atoms with Crippen molar-refractivity contribution in [1.29, 1.82) is 0 Å². The fourth-order valence-corrected chi connectivity index (χ4v) is 5.82. The predicted molar refractivity (Wildman–Crippen MR) is 101 cm³/mol. The molecule has 0 N–H and O–H groups in total. The van der Waals surface area contributed by atoms with E-state index in [1.54, 1.807) is 0 Å². The molecule has 0 saturated heterocycles. The van der Waals surface area contributed by atoms with Gasteiger partial charge in [-0.05, 0) is 55.4 Å². The largest absolute Gasteiger partial charge is 0.149 e. The van der Waals surface area contributed by atoms with Crippen molar-refractivity contribution in [3.63, 3.8) is 0 Å². The standard InChI is InChI=1S/C20H21PS/c1-3-10-18(11-4-1)21(19-12-5-2-6-13-19)16-8-7-14-20-15-9-17-22-20/h1-6,9-13,15,17H,7-8,14,16H2. The number of aryl methyl sites for hydroxylation is 1. The number of thiophene rings is 1. The van der Waals surface area contributed by atoms with Crippen molar-refractivity contribution in [2.45, 2.75) is 19.3 Å². The van der Waals surface area contributed by atoms with Crippen molar-refractivity contribution in [3.05, 3.63) is 83.1 Å². The highest BCUT2D eigenvalue weighted by Gasteiger charge is 2.12. The van der Waals surface area contributed by atoms with Gasteiger partial charge in [0.15, 0.2) is 0 Å². The number of hydrogen-bond acceptors (Lipinski definition) is 1. The minimum Gasteiger partial charge on any atom is -0.149 e. The van der Waals surface area contributed by atoms with Gasteiger partial charge in [0.1, 0.15) is 0 Å². The Kier molecular flexibility index (Phi) is 5.81. The molecule has 0 bridgehead atoms. The average molecular weight is 324 g/mol. The fraction of sp³-hybridized carbons (Fsp3) is 0.200. The van der Waals surface area contributed by atoms with Crippen LogP contribution in [0.3, 0.4) is 0 Å². The van der Waals surface area contributed by atoms with Crippen LogP contribution in [0.4, 0.5) is 0 Å². The maximum atomic E-state index is 2.29. The third-order valence-electron chi connectivity index (χ3n) is 3.77. The molecular weight excluding hydrogens is 303 g/mol. The van der Waals surface area contributed by atoms with Gasteiger partial charge in [0.05, 0.1) is 0 Å². The summed E-state index contributed by atoms with van der Waals surface area (Å²) in [4.78, 5) is 1.52. The Morgan fingerprint density at radius 3 is 1.86 bits per heavy atom. The van der Waals surface area contributed by atoms with Gasteiger partial charge in [-0.25, -0.2) is 0 Å². The third kappa shape index (κ3) is 4.29. The van der Waals surface area contributed by atoms with Gasteiger partial charge in [0.25, 0.3) is 0 Å². The lowest BCUT2D eigenvalue weighted by molar-refractivity contribution is 0.810. The molecule has 0 nitrogen and oxygen atoms in total. The number of rotatable bonds is 7. The van der Waals surface area contributed by atoms with Crippen LogP contribution < -0.4 is 10.6 Å². The molecule has 0 radical (unpaired) electrons. The molecule has 112 valence electrons. The summed E-state index contributed by atoms with van der Waals surface area (Å²) in [5.74, 6) is 0. The maximum absolute atomic E-state index is 2.29. The second-order valence-corrected chi connectivity index (χ2v) is 8.73. The van der Waals surface area contributed by atoms with E-state index in [2.05, 4.69) is 78.2 Å². The summed E-state index contributed by atoms with van der Waals surface area (Å²) in [5.41, 5.74) is 0. The minimum absolute atomic E-state index is 0.217. The van der Waals surface area contributed by atoms with E-state index in [1.165, 1.54) is 40.9 Å². The molecule has 0 aliphatic rings. The molecule has 22 heavy (non-hydrogen) atoms. The highest BCUT2D eigenvalue weighted by atomic mass is 32.1. The monoisotopic (exact) mass is 324 g/mol. The Hall–Kier alpha value is -1.43. The molecule has 3 rings (SSSR count). The molecule has 2 aromatic carbocycles. The van der Waals surface area contributed by atoms with E-state index in [0.29, 0.717) is 0 Å². The SMILES string of the molecule is c1ccc(P(CCCCc2cccs2)c2ccccc2)cc1. The predicted octanol–water partition coefficient (Wildman–Crippen LogP) is 5.20. The summed E-state index contributed by atoms with van der Waals surface area (Å²) in [6.07, 6.45) is 5.10. The lowest BCUT2D eigenvalue weighted by atomic mass is 10.2. The summed E-state index contributed by atoms with van der Waals surface area (Å²) in [5, 5.41) is 5.18. The molecule has 0 aliphatic carbocycles. The lowest BCUT2D eigenvalue weighted by Gasteiger charge is -2.18. The van der Waals surface area contributed by atoms with Crippen LogP contribution in [0.2, 0.25) is 0 Å². The van der Waals surface area contributed by atoms with Crippen LogP contribution in [0.15, 0.2) is 78.2 Å². The van der Waals surface area contributed by atoms with Gasteiger partial charge in [-0.2, -0.15) is 0 Å². The fourth-order valence-electron chi connectivity index (χ4n) is 2.65. The molecule has 1 heterocycles. The molecule has 0 fully saturated rings. The zero-order valence-electron chi connectivity index (χ0n) is 12.7. The number of hydrogen-bond donors (Lipinski definition) is 0. The van der Waals surface area contributed by atoms with Crippen LogP contribution in [-0.4, -0.2) is 6.16 Å². The summed E-state index contributed by atoms with van der Waals surface area (Å²) >= 11 is 1.88. The van der Waals surface area contributed by atoms with Crippen molar-refractivity contribution in [1.82, 2.24) is 0 Å². The molecule has 0 atom stereocenters. The summed E-state index contributed by atoms with van der Waals surface area (Å²) in [6, 6.07) is 26.4. The zero-order chi connectivity index (χ0) is 15.0. The highest BCUT2D eigenvalue weighted by Crippen LogP contribution is 2.34. The molecule has 0 unspecified atom stereocenters. The Labute approximate surface area is 138 Å². The second kappa shape index (κ2) is 8.27. The van der Waals surface area contributed by atoms with Crippen molar-refractivity contribution in [3.8, 4) is 0 Å². The summed E-state index contributed by atoms with van der Waals surface area (Å²) < 4.78 is 0. The first kappa shape index (κ1) is 15.5. The molecule has 0 spiro atoms. The Morgan fingerprint density at radius 2 is 1.32 bits per heavy atom. The van der Waals surface area contributed by atoms with E-state index in [4.69, 9.17) is 0 Å². The van der Waals surface area contributed by atoms with Gasteiger partial charge >= 0.3 is 0 Å². The maximum Gasteiger partial charge on any atom is 0.00452 e. The molecule has 0 aliphatic heterocycles. The van der Waals surface area contributed by atoms with Crippen LogP contribution >= 0.6 is 19.3 Å². The van der Waals surface area contributed by atoms with E-state index in [0.717, 1.165) is 0 Å². The van der Waals surface area contributed by atoms with E-state index < -0.39 is 0 Å². The van der Waals surface area contributed by atoms with Gasteiger partial charge in [-0.1, -0.05) is 66.7 Å². The first-order valence-electron chi connectivity index (χ1n) is 7.83. The van der Waals surface area contributed by atoms with Gasteiger partial charge in [-0.3, -0.25) is 0 Å². The quantitative estimate of drug-likeness (QED) is 0.414. The van der Waals surface area contributed by atoms with E-state index in [1.807, 2.05) is 11.3 Å². The van der Waals surface area contributed by atoms with Crippen LogP contribution in [0, 0.1) is 0 Å². The van der Waals surface area contributed by atoms with Crippen molar-refractivity contribution in [2.24, 2.45) is 0 Å². The molecule has 2 heteroatoms. The molecule has 0 amide bonds. The second-order valence-electron chi connectivity index (χ2n) is 5.36. The van der Waals surface area contributed by atoms with Gasteiger partial charge in [0, 0.05) is 4.88 Å². The third-order valence-corrected chi connectivity index (χ3v) is 7.31. The Balaban J connectivity index is 1.64. The number of unbranched alkanes of at least 4 members (excludes halogenated alkanes) is 1. The first-order valence-corrected chi connectivity index (χ1v) is 10.2. The van der Waals surface area contributed by atoms with Gasteiger partial charge in [0.2, 0.25) is 0 Å². The molecule has 3 aromatic rings.